The van der Waals surface area contributed by atoms with E-state index in [9.17, 15) is 14.4 Å². The Bertz CT molecular complexity index is 699. The van der Waals surface area contributed by atoms with Gasteiger partial charge in [0.25, 0.3) is 0 Å². The maximum absolute atomic E-state index is 12.6. The van der Waals surface area contributed by atoms with Gasteiger partial charge in [-0.05, 0) is 12.1 Å². The summed E-state index contributed by atoms with van der Waals surface area (Å²) in [6.45, 7) is -0.0983. The molecule has 2 heterocycles. The zero-order valence-corrected chi connectivity index (χ0v) is 12.8. The summed E-state index contributed by atoms with van der Waals surface area (Å²) in [7, 11) is 4.11. The van der Waals surface area contributed by atoms with E-state index in [4.69, 9.17) is 18.9 Å². The Labute approximate surface area is 131 Å². The van der Waals surface area contributed by atoms with Crippen molar-refractivity contribution in [1.29, 1.82) is 0 Å². The van der Waals surface area contributed by atoms with Gasteiger partial charge in [-0.1, -0.05) is 0 Å². The Hall–Kier alpha value is -2.77. The number of carbonyl (C=O) groups is 3. The summed E-state index contributed by atoms with van der Waals surface area (Å²) < 4.78 is 20.1. The van der Waals surface area contributed by atoms with Gasteiger partial charge in [-0.25, -0.2) is 9.59 Å². The lowest BCUT2D eigenvalue weighted by Crippen LogP contribution is -2.49. The highest BCUT2D eigenvalue weighted by Gasteiger charge is 2.51. The maximum Gasteiger partial charge on any atom is 0.411 e. The molecule has 0 radical (unpaired) electrons. The molecule has 1 amide bonds. The monoisotopic (exact) mass is 321 g/mol. The lowest BCUT2D eigenvalue weighted by molar-refractivity contribution is -0.146. The fourth-order valence-electron chi connectivity index (χ4n) is 2.94. The van der Waals surface area contributed by atoms with E-state index in [1.807, 2.05) is 0 Å². The third-order valence-electron chi connectivity index (χ3n) is 4.03. The van der Waals surface area contributed by atoms with Gasteiger partial charge in [0, 0.05) is 11.1 Å². The molecule has 8 nitrogen and oxygen atoms in total. The van der Waals surface area contributed by atoms with Gasteiger partial charge in [-0.2, -0.15) is 0 Å². The average molecular weight is 321 g/mol. The molecule has 2 aliphatic rings. The number of carbonyl (C=O) groups excluding carboxylic acids is 3. The van der Waals surface area contributed by atoms with Crippen LogP contribution in [0.15, 0.2) is 12.1 Å². The highest BCUT2D eigenvalue weighted by molar-refractivity contribution is 6.08. The number of Topliss-reactive ketones (excluding diaryl/α,β-unsaturated/α-hetero) is 1. The van der Waals surface area contributed by atoms with Gasteiger partial charge in [-0.3, -0.25) is 9.69 Å². The van der Waals surface area contributed by atoms with E-state index >= 15 is 0 Å². The van der Waals surface area contributed by atoms with Crippen molar-refractivity contribution in [1.82, 2.24) is 4.90 Å². The van der Waals surface area contributed by atoms with E-state index in [-0.39, 0.29) is 18.0 Å². The first kappa shape index (κ1) is 15.1. The molecule has 2 aliphatic heterocycles. The van der Waals surface area contributed by atoms with Crippen molar-refractivity contribution in [3.63, 3.8) is 0 Å². The third kappa shape index (κ3) is 2.09. The Kier molecular flexibility index (Phi) is 3.59. The molecule has 1 fully saturated rings. The molecule has 23 heavy (non-hydrogen) atoms. The van der Waals surface area contributed by atoms with Gasteiger partial charge in [0.2, 0.25) is 0 Å². The number of hydrogen-bond acceptors (Lipinski definition) is 7. The molecule has 0 N–H and O–H groups in total. The standard InChI is InChI=1S/C15H15NO7/c1-20-10-4-7-8(5-11(10)21-2)13(17)9-6-23-15(19)16(9)12(7)14(18)22-3/h4-5,9,12H,6H2,1-3H3/t9-,12+/m1/s1. The molecule has 122 valence electrons. The zero-order valence-electron chi connectivity index (χ0n) is 12.8. The summed E-state index contributed by atoms with van der Waals surface area (Å²) in [5.74, 6) is -0.261. The van der Waals surface area contributed by atoms with Gasteiger partial charge < -0.3 is 18.9 Å². The molecule has 0 aromatic heterocycles. The Morgan fingerprint density at radius 3 is 2.43 bits per heavy atom. The zero-order chi connectivity index (χ0) is 16.7. The predicted octanol–water partition coefficient (Wildman–Crippen LogP) is 0.935. The number of fused-ring (bicyclic) bond motifs is 2. The van der Waals surface area contributed by atoms with E-state index in [2.05, 4.69) is 0 Å². The molecule has 0 spiro atoms. The van der Waals surface area contributed by atoms with Crippen molar-refractivity contribution < 1.29 is 33.3 Å². The van der Waals surface area contributed by atoms with Crippen LogP contribution in [0.3, 0.4) is 0 Å². The largest absolute Gasteiger partial charge is 0.493 e. The Morgan fingerprint density at radius 2 is 1.83 bits per heavy atom. The Morgan fingerprint density at radius 1 is 1.17 bits per heavy atom. The first-order valence-corrected chi connectivity index (χ1v) is 6.86. The summed E-state index contributed by atoms with van der Waals surface area (Å²) >= 11 is 0. The van der Waals surface area contributed by atoms with Crippen LogP contribution in [0.5, 0.6) is 11.5 Å². The van der Waals surface area contributed by atoms with Crippen LogP contribution in [0.25, 0.3) is 0 Å². The van der Waals surface area contributed by atoms with Crippen LogP contribution in [0.2, 0.25) is 0 Å². The number of cyclic esters (lactones) is 1. The molecule has 8 heteroatoms. The molecule has 1 saturated heterocycles. The molecule has 0 bridgehead atoms. The highest BCUT2D eigenvalue weighted by atomic mass is 16.6. The van der Waals surface area contributed by atoms with E-state index in [0.717, 1.165) is 4.90 Å². The highest BCUT2D eigenvalue weighted by Crippen LogP contribution is 2.42. The van der Waals surface area contributed by atoms with Gasteiger partial charge in [0.05, 0.1) is 21.3 Å². The topological polar surface area (TPSA) is 91.4 Å². The normalized spacial score (nSPS) is 22.1. The lowest BCUT2D eigenvalue weighted by Gasteiger charge is -2.34. The number of rotatable bonds is 3. The van der Waals surface area contributed by atoms with E-state index < -0.39 is 24.1 Å². The smallest absolute Gasteiger partial charge is 0.411 e. The minimum Gasteiger partial charge on any atom is -0.493 e. The van der Waals surface area contributed by atoms with Gasteiger partial charge in [0.1, 0.15) is 12.6 Å². The molecular formula is C15H15NO7. The van der Waals surface area contributed by atoms with Crippen LogP contribution in [0.4, 0.5) is 4.79 Å². The second-order valence-electron chi connectivity index (χ2n) is 5.08. The molecule has 3 rings (SSSR count). The van der Waals surface area contributed by atoms with Crippen LogP contribution in [0, 0.1) is 0 Å². The SMILES string of the molecule is COC(=O)[C@@H]1c2cc(OC)c(OC)cc2C(=O)[C@H]2COC(=O)N21. The van der Waals surface area contributed by atoms with Crippen LogP contribution in [-0.2, 0) is 14.3 Å². The van der Waals surface area contributed by atoms with Crippen molar-refractivity contribution in [2.45, 2.75) is 12.1 Å². The van der Waals surface area contributed by atoms with Crippen molar-refractivity contribution in [3.8, 4) is 11.5 Å². The quantitative estimate of drug-likeness (QED) is 0.765. The first-order valence-electron chi connectivity index (χ1n) is 6.86. The fourth-order valence-corrected chi connectivity index (χ4v) is 2.94. The summed E-state index contributed by atoms with van der Waals surface area (Å²) in [5, 5.41) is 0. The van der Waals surface area contributed by atoms with Crippen LogP contribution in [-0.4, -0.2) is 56.7 Å². The van der Waals surface area contributed by atoms with Crippen LogP contribution < -0.4 is 9.47 Å². The van der Waals surface area contributed by atoms with Crippen molar-refractivity contribution in [3.05, 3.63) is 23.3 Å². The summed E-state index contributed by atoms with van der Waals surface area (Å²) in [4.78, 5) is 37.9. The Balaban J connectivity index is 2.23. The molecule has 1 aromatic carbocycles. The summed E-state index contributed by atoms with van der Waals surface area (Å²) in [5.41, 5.74) is 0.618. The van der Waals surface area contributed by atoms with Crippen molar-refractivity contribution in [2.75, 3.05) is 27.9 Å². The number of nitrogens with zero attached hydrogens (tertiary/aromatic N) is 1. The minimum absolute atomic E-state index is 0.0983. The number of hydrogen-bond donors (Lipinski definition) is 0. The fraction of sp³-hybridized carbons (Fsp3) is 0.400. The number of ether oxygens (including phenoxy) is 4. The molecule has 2 atom stereocenters. The second kappa shape index (κ2) is 5.45. The summed E-state index contributed by atoms with van der Waals surface area (Å²) in [6, 6.07) is 1.10. The van der Waals surface area contributed by atoms with Crippen LogP contribution in [0.1, 0.15) is 22.0 Å². The molecule has 0 saturated carbocycles. The first-order chi connectivity index (χ1) is 11.0. The van der Waals surface area contributed by atoms with Gasteiger partial charge in [0.15, 0.2) is 23.3 Å². The lowest BCUT2D eigenvalue weighted by atomic mass is 9.87. The van der Waals surface area contributed by atoms with E-state index in [1.165, 1.54) is 33.5 Å². The molecule has 0 aliphatic carbocycles. The van der Waals surface area contributed by atoms with Crippen molar-refractivity contribution >= 4 is 17.8 Å². The average Bonchev–Trinajstić information content (AvgIpc) is 2.95. The number of benzene rings is 1. The predicted molar refractivity (Wildman–Crippen MR) is 75.6 cm³/mol. The molecular weight excluding hydrogens is 306 g/mol. The van der Waals surface area contributed by atoms with E-state index in [0.29, 0.717) is 17.1 Å². The molecule has 0 unspecified atom stereocenters. The van der Waals surface area contributed by atoms with Crippen molar-refractivity contribution in [2.24, 2.45) is 0 Å². The number of esters is 1. The van der Waals surface area contributed by atoms with Gasteiger partial charge in [-0.15, -0.1) is 0 Å². The minimum atomic E-state index is -1.06. The number of ketones is 1. The van der Waals surface area contributed by atoms with Gasteiger partial charge >= 0.3 is 12.1 Å². The number of amides is 1. The van der Waals surface area contributed by atoms with E-state index in [1.54, 1.807) is 0 Å². The summed E-state index contributed by atoms with van der Waals surface area (Å²) in [6.07, 6.45) is -0.723. The number of methoxy groups -OCH3 is 3. The van der Waals surface area contributed by atoms with Crippen LogP contribution >= 0.6 is 0 Å². The third-order valence-corrected chi connectivity index (χ3v) is 4.03. The molecule has 1 aromatic rings. The maximum atomic E-state index is 12.6. The second-order valence-corrected chi connectivity index (χ2v) is 5.08.